The molecule has 0 amide bonds. The van der Waals surface area contributed by atoms with Crippen molar-refractivity contribution in [3.8, 4) is 0 Å². The van der Waals surface area contributed by atoms with E-state index in [1.54, 1.807) is 5.57 Å². The maximum absolute atomic E-state index is 2.54. The van der Waals surface area contributed by atoms with Crippen molar-refractivity contribution in [3.05, 3.63) is 77.4 Å². The van der Waals surface area contributed by atoms with E-state index < -0.39 is 0 Å². The number of nitrogens with zero attached hydrogens (tertiary/aromatic N) is 1. The summed E-state index contributed by atoms with van der Waals surface area (Å²) in [6.07, 6.45) is 2.36. The first-order valence-electron chi connectivity index (χ1n) is 7.33. The fourth-order valence-corrected chi connectivity index (χ4v) is 2.90. The highest BCUT2D eigenvalue weighted by Gasteiger charge is 2.23. The quantitative estimate of drug-likeness (QED) is 0.801. The first-order valence-corrected chi connectivity index (χ1v) is 7.33. The second-order valence-corrected chi connectivity index (χ2v) is 5.69. The van der Waals surface area contributed by atoms with E-state index in [0.29, 0.717) is 5.92 Å². The van der Waals surface area contributed by atoms with Crippen molar-refractivity contribution in [2.45, 2.75) is 13.5 Å². The van der Waals surface area contributed by atoms with Crippen LogP contribution in [0, 0.1) is 5.92 Å². The van der Waals surface area contributed by atoms with Crippen LogP contribution in [-0.2, 0) is 6.54 Å². The van der Waals surface area contributed by atoms with Crippen molar-refractivity contribution in [3.63, 3.8) is 0 Å². The minimum absolute atomic E-state index is 0.652. The Morgan fingerprint density at radius 2 is 1.65 bits per heavy atom. The number of hydrogen-bond acceptors (Lipinski definition) is 1. The fourth-order valence-electron chi connectivity index (χ4n) is 2.90. The number of rotatable bonds is 3. The minimum atomic E-state index is 0.652. The van der Waals surface area contributed by atoms with Gasteiger partial charge >= 0.3 is 0 Å². The van der Waals surface area contributed by atoms with Crippen LogP contribution in [-0.4, -0.2) is 18.0 Å². The summed E-state index contributed by atoms with van der Waals surface area (Å²) in [4.78, 5) is 2.54. The summed E-state index contributed by atoms with van der Waals surface area (Å²) >= 11 is 0. The van der Waals surface area contributed by atoms with E-state index in [0.717, 1.165) is 19.6 Å². The third-order valence-electron chi connectivity index (χ3n) is 3.97. The lowest BCUT2D eigenvalue weighted by Crippen LogP contribution is -2.19. The molecule has 20 heavy (non-hydrogen) atoms. The van der Waals surface area contributed by atoms with Crippen LogP contribution in [0.3, 0.4) is 0 Å². The summed E-state index contributed by atoms with van der Waals surface area (Å²) in [5.41, 5.74) is 4.27. The van der Waals surface area contributed by atoms with Gasteiger partial charge in [0, 0.05) is 19.6 Å². The molecule has 1 heteroatoms. The van der Waals surface area contributed by atoms with E-state index >= 15 is 0 Å². The van der Waals surface area contributed by atoms with Crippen LogP contribution in [0.25, 0.3) is 6.08 Å². The molecule has 0 spiro atoms. The molecule has 3 rings (SSSR count). The summed E-state index contributed by atoms with van der Waals surface area (Å²) in [6.45, 7) is 5.63. The van der Waals surface area contributed by atoms with Crippen molar-refractivity contribution in [2.24, 2.45) is 5.92 Å². The normalized spacial score (nSPS) is 21.4. The average molecular weight is 263 g/mol. The molecule has 0 bridgehead atoms. The SMILES string of the molecule is CC1CN(Cc2ccccc2)CC1=Cc1ccccc1. The fraction of sp³-hybridized carbons (Fsp3) is 0.263. The summed E-state index contributed by atoms with van der Waals surface area (Å²) in [5.74, 6) is 0.652. The smallest absolute Gasteiger partial charge is 0.0237 e. The van der Waals surface area contributed by atoms with E-state index in [1.165, 1.54) is 11.1 Å². The first kappa shape index (κ1) is 13.1. The van der Waals surface area contributed by atoms with Crippen LogP contribution in [0.2, 0.25) is 0 Å². The van der Waals surface area contributed by atoms with Crippen molar-refractivity contribution in [1.29, 1.82) is 0 Å². The van der Waals surface area contributed by atoms with Crippen molar-refractivity contribution in [2.75, 3.05) is 13.1 Å². The second-order valence-electron chi connectivity index (χ2n) is 5.69. The van der Waals surface area contributed by atoms with Crippen LogP contribution in [0.15, 0.2) is 66.2 Å². The van der Waals surface area contributed by atoms with Gasteiger partial charge in [0.2, 0.25) is 0 Å². The Balaban J connectivity index is 1.69. The molecule has 1 heterocycles. The minimum Gasteiger partial charge on any atom is -0.295 e. The molecular weight excluding hydrogens is 242 g/mol. The molecule has 1 aliphatic rings. The zero-order valence-corrected chi connectivity index (χ0v) is 12.0. The van der Waals surface area contributed by atoms with E-state index in [1.807, 2.05) is 0 Å². The zero-order chi connectivity index (χ0) is 13.8. The highest BCUT2D eigenvalue weighted by atomic mass is 15.1. The summed E-state index contributed by atoms with van der Waals surface area (Å²) in [7, 11) is 0. The monoisotopic (exact) mass is 263 g/mol. The zero-order valence-electron chi connectivity index (χ0n) is 12.0. The first-order chi connectivity index (χ1) is 9.81. The number of hydrogen-bond donors (Lipinski definition) is 0. The summed E-state index contributed by atoms with van der Waals surface area (Å²) < 4.78 is 0. The molecule has 1 nitrogen and oxygen atoms in total. The largest absolute Gasteiger partial charge is 0.295 e. The number of likely N-dealkylation sites (tertiary alicyclic amines) is 1. The molecule has 102 valence electrons. The Morgan fingerprint density at radius 3 is 2.35 bits per heavy atom. The molecule has 1 fully saturated rings. The van der Waals surface area contributed by atoms with Crippen LogP contribution in [0.4, 0.5) is 0 Å². The van der Waals surface area contributed by atoms with Gasteiger partial charge in [-0.2, -0.15) is 0 Å². The molecule has 0 aromatic heterocycles. The van der Waals surface area contributed by atoms with Gasteiger partial charge in [-0.05, 0) is 17.0 Å². The van der Waals surface area contributed by atoms with Gasteiger partial charge in [0.25, 0.3) is 0 Å². The highest BCUT2D eigenvalue weighted by Crippen LogP contribution is 2.25. The third-order valence-corrected chi connectivity index (χ3v) is 3.97. The van der Waals surface area contributed by atoms with Gasteiger partial charge in [0.15, 0.2) is 0 Å². The van der Waals surface area contributed by atoms with Gasteiger partial charge in [0.1, 0.15) is 0 Å². The van der Waals surface area contributed by atoms with Crippen LogP contribution in [0.5, 0.6) is 0 Å². The summed E-state index contributed by atoms with van der Waals surface area (Å²) in [5, 5.41) is 0. The van der Waals surface area contributed by atoms with Gasteiger partial charge in [-0.15, -0.1) is 0 Å². The van der Waals surface area contributed by atoms with Gasteiger partial charge in [-0.25, -0.2) is 0 Å². The topological polar surface area (TPSA) is 3.24 Å². The molecule has 1 saturated heterocycles. The van der Waals surface area contributed by atoms with E-state index in [2.05, 4.69) is 78.6 Å². The Labute approximate surface area is 121 Å². The van der Waals surface area contributed by atoms with Crippen LogP contribution in [0.1, 0.15) is 18.1 Å². The molecule has 1 unspecified atom stereocenters. The molecule has 0 radical (unpaired) electrons. The third kappa shape index (κ3) is 3.17. The van der Waals surface area contributed by atoms with Crippen LogP contribution < -0.4 is 0 Å². The Morgan fingerprint density at radius 1 is 1.00 bits per heavy atom. The van der Waals surface area contributed by atoms with Crippen LogP contribution >= 0.6 is 0 Å². The van der Waals surface area contributed by atoms with Crippen molar-refractivity contribution in [1.82, 2.24) is 4.90 Å². The Hall–Kier alpha value is -1.86. The van der Waals surface area contributed by atoms with Gasteiger partial charge in [0.05, 0.1) is 0 Å². The molecule has 1 atom stereocenters. The van der Waals surface area contributed by atoms with E-state index in [-0.39, 0.29) is 0 Å². The molecule has 0 aliphatic carbocycles. The maximum Gasteiger partial charge on any atom is 0.0237 e. The second kappa shape index (κ2) is 6.06. The van der Waals surface area contributed by atoms with Crippen molar-refractivity contribution < 1.29 is 0 Å². The van der Waals surface area contributed by atoms with Gasteiger partial charge in [-0.3, -0.25) is 4.90 Å². The van der Waals surface area contributed by atoms with Crippen molar-refractivity contribution >= 4 is 6.08 Å². The predicted octanol–water partition coefficient (Wildman–Crippen LogP) is 4.22. The molecule has 0 saturated carbocycles. The lowest BCUT2D eigenvalue weighted by atomic mass is 10.0. The molecule has 1 aliphatic heterocycles. The molecular formula is C19H21N. The Bertz CT molecular complexity index is 571. The van der Waals surface area contributed by atoms with Gasteiger partial charge < -0.3 is 0 Å². The van der Waals surface area contributed by atoms with E-state index in [4.69, 9.17) is 0 Å². The Kier molecular flexibility index (Phi) is 3.98. The standard InChI is InChI=1S/C19H21N/c1-16-13-20(14-18-10-6-3-7-11-18)15-19(16)12-17-8-4-2-5-9-17/h2-12,16H,13-15H2,1H3. The lowest BCUT2D eigenvalue weighted by molar-refractivity contribution is 0.322. The predicted molar refractivity (Wildman–Crippen MR) is 85.3 cm³/mol. The summed E-state index contributed by atoms with van der Waals surface area (Å²) in [6, 6.07) is 21.4. The molecule has 2 aromatic carbocycles. The molecule has 0 N–H and O–H groups in total. The average Bonchev–Trinajstić information content (AvgIpc) is 2.81. The van der Waals surface area contributed by atoms with Gasteiger partial charge in [-0.1, -0.05) is 79.2 Å². The lowest BCUT2D eigenvalue weighted by Gasteiger charge is -2.14. The molecule has 2 aromatic rings. The highest BCUT2D eigenvalue weighted by molar-refractivity contribution is 5.54. The van der Waals surface area contributed by atoms with E-state index in [9.17, 15) is 0 Å². The maximum atomic E-state index is 2.54. The number of benzene rings is 2.